The molecule has 4 fully saturated rings. The number of nitrogens with zero attached hydrogens (tertiary/aromatic N) is 2. The van der Waals surface area contributed by atoms with Crippen molar-refractivity contribution in [3.63, 3.8) is 0 Å². The lowest BCUT2D eigenvalue weighted by Gasteiger charge is -2.56. The monoisotopic (exact) mass is 260 g/mol. The molecule has 0 heterocycles. The van der Waals surface area contributed by atoms with Gasteiger partial charge in [-0.1, -0.05) is 0 Å². The highest BCUT2D eigenvalue weighted by Gasteiger charge is 2.55. The van der Waals surface area contributed by atoms with Crippen LogP contribution in [0.25, 0.3) is 0 Å². The van der Waals surface area contributed by atoms with Crippen molar-refractivity contribution in [1.82, 2.24) is 4.90 Å². The minimum Gasteiger partial charge on any atom is -0.342 e. The Hall–Kier alpha value is -1.04. The third kappa shape index (κ3) is 2.06. The van der Waals surface area contributed by atoms with Gasteiger partial charge >= 0.3 is 0 Å². The number of rotatable bonds is 3. The maximum Gasteiger partial charge on any atom is 0.228 e. The molecule has 0 aromatic rings. The molecule has 0 radical (unpaired) electrons. The predicted octanol–water partition coefficient (Wildman–Crippen LogP) is 2.96. The molecule has 0 N–H and O–H groups in total. The normalized spacial score (nSPS) is 40.8. The van der Waals surface area contributed by atoms with Crippen molar-refractivity contribution in [1.29, 1.82) is 5.26 Å². The zero-order valence-corrected chi connectivity index (χ0v) is 12.1. The van der Waals surface area contributed by atoms with Gasteiger partial charge in [0, 0.05) is 13.1 Å². The first-order chi connectivity index (χ1) is 9.04. The molecule has 4 rings (SSSR count). The molecule has 4 bridgehead atoms. The first-order valence-corrected chi connectivity index (χ1v) is 7.68. The quantitative estimate of drug-likeness (QED) is 0.783. The van der Waals surface area contributed by atoms with Gasteiger partial charge in [-0.05, 0) is 63.2 Å². The van der Waals surface area contributed by atoms with E-state index >= 15 is 0 Å². The lowest BCUT2D eigenvalue weighted by molar-refractivity contribution is -0.158. The fourth-order valence-corrected chi connectivity index (χ4v) is 5.22. The van der Waals surface area contributed by atoms with Gasteiger partial charge in [0.1, 0.15) is 0 Å². The molecule has 19 heavy (non-hydrogen) atoms. The van der Waals surface area contributed by atoms with Gasteiger partial charge in [-0.15, -0.1) is 0 Å². The Balaban J connectivity index is 1.78. The Kier molecular flexibility index (Phi) is 3.08. The molecule has 4 saturated carbocycles. The summed E-state index contributed by atoms with van der Waals surface area (Å²) < 4.78 is 0. The minimum atomic E-state index is -0.0623. The van der Waals surface area contributed by atoms with Crippen LogP contribution in [0.1, 0.15) is 51.9 Å². The van der Waals surface area contributed by atoms with Crippen molar-refractivity contribution in [2.45, 2.75) is 57.9 Å². The van der Waals surface area contributed by atoms with Crippen LogP contribution < -0.4 is 0 Å². The number of hydrogen-bond acceptors (Lipinski definition) is 2. The molecule has 0 saturated heterocycles. The van der Waals surface area contributed by atoms with Crippen LogP contribution in [0.3, 0.4) is 0 Å². The van der Waals surface area contributed by atoms with Gasteiger partial charge in [0.05, 0.1) is 17.9 Å². The van der Waals surface area contributed by atoms with Crippen molar-refractivity contribution in [2.24, 2.45) is 23.2 Å². The number of nitriles is 1. The van der Waals surface area contributed by atoms with Gasteiger partial charge in [-0.2, -0.15) is 5.26 Å². The fraction of sp³-hybridized carbons (Fsp3) is 0.875. The Labute approximate surface area is 116 Å². The van der Waals surface area contributed by atoms with Gasteiger partial charge in [0.2, 0.25) is 5.91 Å². The molecule has 4 aliphatic rings. The Morgan fingerprint density at radius 2 is 1.74 bits per heavy atom. The number of hydrogen-bond donors (Lipinski definition) is 0. The Morgan fingerprint density at radius 3 is 2.16 bits per heavy atom. The molecule has 3 nitrogen and oxygen atoms in total. The van der Waals surface area contributed by atoms with Crippen LogP contribution in [0.4, 0.5) is 0 Å². The molecule has 1 atom stereocenters. The molecule has 1 unspecified atom stereocenters. The maximum absolute atomic E-state index is 12.9. The van der Waals surface area contributed by atoms with Crippen LogP contribution in [-0.2, 0) is 4.79 Å². The van der Waals surface area contributed by atoms with Gasteiger partial charge in [-0.3, -0.25) is 4.79 Å². The first kappa shape index (κ1) is 13.0. The molecule has 3 heteroatoms. The zero-order valence-electron chi connectivity index (χ0n) is 12.1. The van der Waals surface area contributed by atoms with Crippen LogP contribution >= 0.6 is 0 Å². The van der Waals surface area contributed by atoms with Gasteiger partial charge < -0.3 is 4.90 Å². The van der Waals surface area contributed by atoms with Crippen LogP contribution in [0.2, 0.25) is 0 Å². The SMILES string of the molecule is CC(CC#N)N(C)C(=O)C12CC3CC(CC(C3)C1)C2. The summed E-state index contributed by atoms with van der Waals surface area (Å²) in [6, 6.07) is 2.23. The highest BCUT2D eigenvalue weighted by molar-refractivity contribution is 5.83. The Morgan fingerprint density at radius 1 is 1.26 bits per heavy atom. The highest BCUT2D eigenvalue weighted by atomic mass is 16.2. The lowest BCUT2D eigenvalue weighted by Crippen LogP contribution is -2.55. The van der Waals surface area contributed by atoms with E-state index in [4.69, 9.17) is 5.26 Å². The van der Waals surface area contributed by atoms with Crippen molar-refractivity contribution in [3.05, 3.63) is 0 Å². The van der Waals surface area contributed by atoms with E-state index in [-0.39, 0.29) is 11.5 Å². The third-order valence-electron chi connectivity index (χ3n) is 5.86. The van der Waals surface area contributed by atoms with Crippen molar-refractivity contribution in [3.8, 4) is 6.07 Å². The highest BCUT2D eigenvalue weighted by Crippen LogP contribution is 2.60. The minimum absolute atomic E-state index is 0.0468. The summed E-state index contributed by atoms with van der Waals surface area (Å²) in [7, 11) is 1.89. The van der Waals surface area contributed by atoms with E-state index < -0.39 is 0 Å². The average Bonchev–Trinajstić information content (AvgIpc) is 2.35. The Bertz CT molecular complexity index is 388. The fourth-order valence-electron chi connectivity index (χ4n) is 5.22. The summed E-state index contributed by atoms with van der Waals surface area (Å²) in [5.74, 6) is 2.73. The van der Waals surface area contributed by atoms with Crippen LogP contribution in [-0.4, -0.2) is 23.9 Å². The third-order valence-corrected chi connectivity index (χ3v) is 5.86. The van der Waals surface area contributed by atoms with E-state index in [9.17, 15) is 4.79 Å². The molecule has 4 aliphatic carbocycles. The summed E-state index contributed by atoms with van der Waals surface area (Å²) >= 11 is 0. The second-order valence-corrected chi connectivity index (χ2v) is 7.33. The predicted molar refractivity (Wildman–Crippen MR) is 73.1 cm³/mol. The molecule has 0 aliphatic heterocycles. The largest absolute Gasteiger partial charge is 0.342 e. The summed E-state index contributed by atoms with van der Waals surface area (Å²) in [6.07, 6.45) is 7.87. The summed E-state index contributed by atoms with van der Waals surface area (Å²) in [5.41, 5.74) is -0.0623. The molecule has 0 spiro atoms. The number of carbonyl (C=O) groups excluding carboxylic acids is 1. The number of carbonyl (C=O) groups is 1. The van der Waals surface area contributed by atoms with E-state index in [1.54, 1.807) is 0 Å². The van der Waals surface area contributed by atoms with E-state index in [1.807, 2.05) is 18.9 Å². The zero-order chi connectivity index (χ0) is 13.6. The van der Waals surface area contributed by atoms with E-state index in [2.05, 4.69) is 6.07 Å². The van der Waals surface area contributed by atoms with Crippen LogP contribution in [0.15, 0.2) is 0 Å². The van der Waals surface area contributed by atoms with Crippen molar-refractivity contribution in [2.75, 3.05) is 7.05 Å². The first-order valence-electron chi connectivity index (χ1n) is 7.68. The van der Waals surface area contributed by atoms with Crippen molar-refractivity contribution >= 4 is 5.91 Å². The second-order valence-electron chi connectivity index (χ2n) is 7.33. The standard InChI is InChI=1S/C16H24N2O/c1-11(3-4-17)18(2)15(19)16-8-12-5-13(9-16)7-14(6-12)10-16/h11-14H,3,5-10H2,1-2H3. The smallest absolute Gasteiger partial charge is 0.228 e. The van der Waals surface area contributed by atoms with Crippen LogP contribution in [0.5, 0.6) is 0 Å². The molecule has 0 aromatic heterocycles. The average molecular weight is 260 g/mol. The van der Waals surface area contributed by atoms with E-state index in [1.165, 1.54) is 19.3 Å². The van der Waals surface area contributed by atoms with Gasteiger partial charge in [0.15, 0.2) is 0 Å². The lowest BCUT2D eigenvalue weighted by atomic mass is 9.49. The molecule has 1 amide bonds. The van der Waals surface area contributed by atoms with E-state index in [0.29, 0.717) is 12.3 Å². The molecule has 0 aromatic carbocycles. The topological polar surface area (TPSA) is 44.1 Å². The molecular weight excluding hydrogens is 236 g/mol. The van der Waals surface area contributed by atoms with Gasteiger partial charge in [0.25, 0.3) is 0 Å². The number of amides is 1. The van der Waals surface area contributed by atoms with Gasteiger partial charge in [-0.25, -0.2) is 0 Å². The summed E-state index contributed by atoms with van der Waals surface area (Å²) in [6.45, 7) is 1.99. The molecule has 104 valence electrons. The van der Waals surface area contributed by atoms with Crippen molar-refractivity contribution < 1.29 is 4.79 Å². The van der Waals surface area contributed by atoms with E-state index in [0.717, 1.165) is 37.0 Å². The van der Waals surface area contributed by atoms with Crippen LogP contribution in [0, 0.1) is 34.5 Å². The summed E-state index contributed by atoms with van der Waals surface area (Å²) in [5, 5.41) is 8.81. The molecular formula is C16H24N2O. The second kappa shape index (κ2) is 4.51. The summed E-state index contributed by atoms with van der Waals surface area (Å²) in [4.78, 5) is 14.8. The maximum atomic E-state index is 12.9.